The summed E-state index contributed by atoms with van der Waals surface area (Å²) in [7, 11) is -2.47. The minimum absolute atomic E-state index is 0.0640. The normalized spacial score (nSPS) is 12.1. The van der Waals surface area contributed by atoms with Crippen LogP contribution in [0.4, 0.5) is 11.4 Å². The fourth-order valence-corrected chi connectivity index (χ4v) is 5.83. The summed E-state index contributed by atoms with van der Waals surface area (Å²) >= 11 is 7.03. The Hall–Kier alpha value is -3.50. The zero-order valence-corrected chi connectivity index (χ0v) is 22.6. The molecule has 2 aromatic heterocycles. The van der Waals surface area contributed by atoms with E-state index in [-0.39, 0.29) is 46.6 Å². The van der Waals surface area contributed by atoms with Crippen LogP contribution in [0.15, 0.2) is 46.8 Å². The van der Waals surface area contributed by atoms with Gasteiger partial charge >= 0.3 is 0 Å². The van der Waals surface area contributed by atoms with Crippen LogP contribution in [-0.2, 0) is 28.4 Å². The molecular weight excluding hydrogens is 556 g/mol. The van der Waals surface area contributed by atoms with Crippen molar-refractivity contribution in [3.8, 4) is 0 Å². The number of nitrogens with one attached hydrogen (secondary N) is 5. The van der Waals surface area contributed by atoms with E-state index in [1.165, 1.54) is 17.5 Å². The molecule has 8 N–H and O–H groups in total. The number of carbonyl (C=O) groups is 2. The standard InChI is InChI=1S/C22H27ClN8O5S2/c1-31-12-13(23)17(28-31)11-27-14-5-2-3-7-18(14)38(35,36)30-16-8-10-37-21(16)20(33)19(32)15(29-34)6-4-9-26-22(24)25/h2-3,5,7-8,10,12,15,27,29-30,34H,4,6,9,11H2,1H3,(H4,24,25,26)/t15-/m0/s1. The van der Waals surface area contributed by atoms with E-state index in [9.17, 15) is 23.2 Å². The van der Waals surface area contributed by atoms with E-state index >= 15 is 0 Å². The second-order valence-electron chi connectivity index (χ2n) is 8.07. The average Bonchev–Trinajstić information content (AvgIpc) is 3.46. The van der Waals surface area contributed by atoms with Gasteiger partial charge in [-0.3, -0.25) is 24.4 Å². The Balaban J connectivity index is 1.75. The average molecular weight is 583 g/mol. The molecule has 3 aromatic rings. The molecule has 0 saturated heterocycles. The predicted octanol–water partition coefficient (Wildman–Crippen LogP) is 1.91. The number of anilines is 2. The molecule has 3 rings (SSSR count). The molecule has 0 amide bonds. The van der Waals surface area contributed by atoms with E-state index in [1.807, 2.05) is 5.48 Å². The van der Waals surface area contributed by atoms with Gasteiger partial charge in [0.15, 0.2) is 5.96 Å². The molecule has 204 valence electrons. The lowest BCUT2D eigenvalue weighted by Gasteiger charge is -2.15. The van der Waals surface area contributed by atoms with Crippen molar-refractivity contribution in [2.75, 3.05) is 16.6 Å². The molecule has 1 aromatic carbocycles. The molecule has 0 fully saturated rings. The number of hydrogen-bond acceptors (Lipinski definition) is 10. The number of benzene rings is 1. The minimum Gasteiger partial charge on any atom is -0.378 e. The molecule has 0 unspecified atom stereocenters. The minimum atomic E-state index is -4.19. The van der Waals surface area contributed by atoms with Crippen LogP contribution in [0, 0.1) is 5.41 Å². The van der Waals surface area contributed by atoms with Crippen LogP contribution in [0.2, 0.25) is 5.02 Å². The van der Waals surface area contributed by atoms with E-state index in [1.54, 1.807) is 36.1 Å². The highest BCUT2D eigenvalue weighted by atomic mass is 35.5. The molecule has 38 heavy (non-hydrogen) atoms. The van der Waals surface area contributed by atoms with Crippen molar-refractivity contribution in [3.63, 3.8) is 0 Å². The number of carbonyl (C=O) groups excluding carboxylic acids is 2. The maximum absolute atomic E-state index is 13.3. The van der Waals surface area contributed by atoms with Gasteiger partial charge in [0.05, 0.1) is 29.0 Å². The third-order valence-corrected chi connectivity index (χ3v) is 7.93. The first-order valence-electron chi connectivity index (χ1n) is 11.2. The summed E-state index contributed by atoms with van der Waals surface area (Å²) in [4.78, 5) is 25.4. The lowest BCUT2D eigenvalue weighted by molar-refractivity contribution is -0.119. The summed E-state index contributed by atoms with van der Waals surface area (Å²) in [5.74, 6) is -2.14. The lowest BCUT2D eigenvalue weighted by atomic mass is 10.0. The first kappa shape index (κ1) is 29.1. The van der Waals surface area contributed by atoms with Crippen LogP contribution in [0.3, 0.4) is 0 Å². The number of hydrogen-bond donors (Lipinski definition) is 7. The van der Waals surface area contributed by atoms with Gasteiger partial charge in [0.1, 0.15) is 15.5 Å². The number of para-hydroxylation sites is 1. The second kappa shape index (κ2) is 12.8. The topological polar surface area (TPSA) is 204 Å². The number of aromatic nitrogens is 2. The molecule has 0 saturated carbocycles. The molecule has 0 aliphatic heterocycles. The molecule has 16 heteroatoms. The molecule has 0 aliphatic rings. The Morgan fingerprint density at radius 3 is 2.66 bits per heavy atom. The van der Waals surface area contributed by atoms with Crippen LogP contribution in [0.5, 0.6) is 0 Å². The van der Waals surface area contributed by atoms with Crippen molar-refractivity contribution in [1.82, 2.24) is 20.6 Å². The van der Waals surface area contributed by atoms with Crippen molar-refractivity contribution in [2.24, 2.45) is 12.8 Å². The fourth-order valence-electron chi connectivity index (χ4n) is 3.47. The summed E-state index contributed by atoms with van der Waals surface area (Å²) in [5.41, 5.74) is 7.77. The summed E-state index contributed by atoms with van der Waals surface area (Å²) in [6.45, 7) is 0.430. The van der Waals surface area contributed by atoms with Gasteiger partial charge in [-0.05, 0) is 36.4 Å². The largest absolute Gasteiger partial charge is 0.378 e. The highest BCUT2D eigenvalue weighted by Gasteiger charge is 2.30. The zero-order valence-electron chi connectivity index (χ0n) is 20.2. The molecule has 0 bridgehead atoms. The Morgan fingerprint density at radius 2 is 2.00 bits per heavy atom. The Kier molecular flexibility index (Phi) is 9.82. The Bertz CT molecular complexity index is 1420. The van der Waals surface area contributed by atoms with E-state index in [0.717, 1.165) is 11.3 Å². The summed E-state index contributed by atoms with van der Waals surface area (Å²) in [5, 5.41) is 28.2. The third kappa shape index (κ3) is 7.29. The highest BCUT2D eigenvalue weighted by Crippen LogP contribution is 2.29. The number of guanidine groups is 1. The van der Waals surface area contributed by atoms with Gasteiger partial charge < -0.3 is 21.6 Å². The summed E-state index contributed by atoms with van der Waals surface area (Å²) in [6, 6.07) is 6.34. The van der Waals surface area contributed by atoms with Crippen LogP contribution >= 0.6 is 22.9 Å². The SMILES string of the molecule is Cn1cc(Cl)c(CNc2ccccc2S(=O)(=O)Nc2ccsc2C(=O)C(=O)[C@H](CCCNC(=N)N)NO)n1. The van der Waals surface area contributed by atoms with Crippen molar-refractivity contribution in [3.05, 3.63) is 57.5 Å². The molecule has 0 radical (unpaired) electrons. The van der Waals surface area contributed by atoms with Gasteiger partial charge in [-0.1, -0.05) is 23.7 Å². The third-order valence-electron chi connectivity index (χ3n) is 5.27. The molecule has 13 nitrogen and oxygen atoms in total. The smallest absolute Gasteiger partial charge is 0.263 e. The van der Waals surface area contributed by atoms with E-state index in [2.05, 4.69) is 20.5 Å². The number of rotatable bonds is 14. The number of hydroxylamine groups is 1. The monoisotopic (exact) mass is 582 g/mol. The summed E-state index contributed by atoms with van der Waals surface area (Å²) in [6.07, 6.45) is 2.03. The summed E-state index contributed by atoms with van der Waals surface area (Å²) < 4.78 is 30.5. The van der Waals surface area contributed by atoms with Crippen LogP contribution in [0.1, 0.15) is 28.2 Å². The first-order chi connectivity index (χ1) is 18.0. The Morgan fingerprint density at radius 1 is 1.26 bits per heavy atom. The van der Waals surface area contributed by atoms with Crippen molar-refractivity contribution >= 4 is 61.9 Å². The second-order valence-corrected chi connectivity index (χ2v) is 11.0. The van der Waals surface area contributed by atoms with Crippen molar-refractivity contribution in [2.45, 2.75) is 30.3 Å². The molecule has 1 atom stereocenters. The lowest BCUT2D eigenvalue weighted by Crippen LogP contribution is -2.40. The first-order valence-corrected chi connectivity index (χ1v) is 13.9. The van der Waals surface area contributed by atoms with E-state index < -0.39 is 27.6 Å². The molecule has 2 heterocycles. The van der Waals surface area contributed by atoms with Gasteiger partial charge in [0, 0.05) is 19.8 Å². The number of nitrogens with two attached hydrogens (primary N) is 1. The van der Waals surface area contributed by atoms with Crippen molar-refractivity contribution < 1.29 is 23.2 Å². The van der Waals surface area contributed by atoms with Crippen molar-refractivity contribution in [1.29, 1.82) is 5.41 Å². The van der Waals surface area contributed by atoms with Gasteiger partial charge in [0.25, 0.3) is 10.0 Å². The van der Waals surface area contributed by atoms with Gasteiger partial charge in [-0.15, -0.1) is 11.3 Å². The maximum atomic E-state index is 13.3. The molecule has 0 spiro atoms. The van der Waals surface area contributed by atoms with Gasteiger partial charge in [-0.25, -0.2) is 8.42 Å². The quantitative estimate of drug-likeness (QED) is 0.0367. The van der Waals surface area contributed by atoms with Crippen LogP contribution in [-0.4, -0.2) is 53.5 Å². The van der Waals surface area contributed by atoms with Crippen LogP contribution in [0.25, 0.3) is 0 Å². The molecular formula is C22H27ClN8O5S2. The van der Waals surface area contributed by atoms with Gasteiger partial charge in [0.2, 0.25) is 11.6 Å². The Labute approximate surface area is 227 Å². The number of aryl methyl sites for hydroxylation is 1. The maximum Gasteiger partial charge on any atom is 0.263 e. The number of Topliss-reactive ketones (excluding diaryl/α,β-unsaturated/α-hetero) is 2. The fraction of sp³-hybridized carbons (Fsp3) is 0.273. The number of thiophene rings is 1. The number of halogens is 1. The predicted molar refractivity (Wildman–Crippen MR) is 144 cm³/mol. The highest BCUT2D eigenvalue weighted by molar-refractivity contribution is 7.93. The number of sulfonamides is 1. The van der Waals surface area contributed by atoms with Crippen LogP contribution < -0.4 is 26.6 Å². The zero-order chi connectivity index (χ0) is 27.9. The number of nitrogens with zero attached hydrogens (tertiary/aromatic N) is 2. The van der Waals surface area contributed by atoms with E-state index in [4.69, 9.17) is 22.7 Å². The molecule has 0 aliphatic carbocycles. The number of ketones is 2. The van der Waals surface area contributed by atoms with Gasteiger partial charge in [-0.2, -0.15) is 10.6 Å². The van der Waals surface area contributed by atoms with E-state index in [0.29, 0.717) is 17.1 Å².